The molecule has 2 N–H and O–H groups in total. The second-order valence-electron chi connectivity index (χ2n) is 3.50. The minimum absolute atomic E-state index is 0.156. The third-order valence-corrected chi connectivity index (χ3v) is 4.59. The third kappa shape index (κ3) is 2.40. The summed E-state index contributed by atoms with van der Waals surface area (Å²) in [6.45, 7) is 0. The number of fused-ring (bicyclic) bond motifs is 1. The molecule has 2 rings (SSSR count). The van der Waals surface area contributed by atoms with Gasteiger partial charge in [0.15, 0.2) is 0 Å². The summed E-state index contributed by atoms with van der Waals surface area (Å²) in [7, 11) is 0. The monoisotopic (exact) mass is 235 g/mol. The molecule has 1 unspecified atom stereocenters. The van der Waals surface area contributed by atoms with Crippen molar-refractivity contribution in [3.05, 3.63) is 22.4 Å². The normalized spacial score (nSPS) is 12.8. The summed E-state index contributed by atoms with van der Waals surface area (Å²) in [6, 6.07) is 4.52. The van der Waals surface area contributed by atoms with Crippen LogP contribution >= 0.6 is 22.7 Å². The Morgan fingerprint density at radius 3 is 3.07 bits per heavy atom. The molecule has 2 heterocycles. The Balaban J connectivity index is 2.04. The van der Waals surface area contributed by atoms with Crippen molar-refractivity contribution in [2.45, 2.75) is 25.3 Å². The molecule has 2 aromatic rings. The van der Waals surface area contributed by atoms with Gasteiger partial charge in [-0.25, -0.2) is 0 Å². The van der Waals surface area contributed by atoms with E-state index in [1.165, 1.54) is 14.3 Å². The van der Waals surface area contributed by atoms with Crippen LogP contribution in [0.25, 0.3) is 9.40 Å². The highest BCUT2D eigenvalue weighted by Crippen LogP contribution is 2.33. The predicted octanol–water partition coefficient (Wildman–Crippen LogP) is 3.77. The zero-order chi connectivity index (χ0) is 10.7. The molecule has 0 saturated heterocycles. The molecule has 0 spiro atoms. The molecule has 0 aliphatic heterocycles. The average Bonchev–Trinajstić information content (AvgIpc) is 2.76. The maximum atomic E-state index is 6.11. The molecular weight excluding hydrogens is 222 g/mol. The molecule has 1 atom stereocenters. The zero-order valence-corrected chi connectivity index (χ0v) is 10.0. The van der Waals surface area contributed by atoms with Crippen LogP contribution in [-0.4, -0.2) is 0 Å². The summed E-state index contributed by atoms with van der Waals surface area (Å²) in [5.41, 5.74) is 6.11. The van der Waals surface area contributed by atoms with Crippen LogP contribution in [0.2, 0.25) is 0 Å². The van der Waals surface area contributed by atoms with E-state index in [9.17, 15) is 0 Å². The van der Waals surface area contributed by atoms with Gasteiger partial charge < -0.3 is 5.73 Å². The van der Waals surface area contributed by atoms with E-state index in [0.717, 1.165) is 19.3 Å². The molecule has 1 nitrogen and oxygen atoms in total. The Bertz CT molecular complexity index is 446. The van der Waals surface area contributed by atoms with Crippen molar-refractivity contribution in [3.63, 3.8) is 0 Å². The fourth-order valence-electron chi connectivity index (χ4n) is 1.53. The smallest absolute Gasteiger partial charge is 0.0454 e. The highest BCUT2D eigenvalue weighted by molar-refractivity contribution is 7.26. The second-order valence-corrected chi connectivity index (χ2v) is 5.56. The Labute approximate surface area is 97.9 Å². The molecule has 3 heteroatoms. The van der Waals surface area contributed by atoms with Crippen LogP contribution in [0.5, 0.6) is 0 Å². The first-order valence-electron chi connectivity index (χ1n) is 4.97. The number of thiophene rings is 2. The molecule has 15 heavy (non-hydrogen) atoms. The maximum absolute atomic E-state index is 6.11. The van der Waals surface area contributed by atoms with Gasteiger partial charge in [0.05, 0.1) is 0 Å². The van der Waals surface area contributed by atoms with Gasteiger partial charge >= 0.3 is 0 Å². The lowest BCUT2D eigenvalue weighted by Crippen LogP contribution is -2.07. The summed E-state index contributed by atoms with van der Waals surface area (Å²) >= 11 is 3.58. The Hall–Kier alpha value is -0.820. The van der Waals surface area contributed by atoms with Gasteiger partial charge in [0.25, 0.3) is 0 Å². The number of unbranched alkanes of at least 4 members (excludes halogenated alkanes) is 1. The number of terminal acetylenes is 1. The van der Waals surface area contributed by atoms with Gasteiger partial charge in [-0.2, -0.15) is 0 Å². The van der Waals surface area contributed by atoms with Crippen molar-refractivity contribution >= 4 is 32.1 Å². The first kappa shape index (κ1) is 10.7. The minimum Gasteiger partial charge on any atom is -0.323 e. The summed E-state index contributed by atoms with van der Waals surface area (Å²) in [5.74, 6) is 2.65. The van der Waals surface area contributed by atoms with E-state index in [-0.39, 0.29) is 6.04 Å². The van der Waals surface area contributed by atoms with Crippen LogP contribution in [0.4, 0.5) is 0 Å². The predicted molar refractivity (Wildman–Crippen MR) is 69.3 cm³/mol. The zero-order valence-electron chi connectivity index (χ0n) is 8.40. The van der Waals surface area contributed by atoms with Gasteiger partial charge in [-0.15, -0.1) is 35.0 Å². The highest BCUT2D eigenvalue weighted by Gasteiger charge is 2.10. The largest absolute Gasteiger partial charge is 0.323 e. The molecule has 0 aromatic carbocycles. The molecule has 78 valence electrons. The summed E-state index contributed by atoms with van der Waals surface area (Å²) in [5, 5.41) is 2.12. The van der Waals surface area contributed by atoms with Crippen LogP contribution in [0, 0.1) is 12.3 Å². The van der Waals surface area contributed by atoms with Crippen LogP contribution in [0.1, 0.15) is 30.2 Å². The Morgan fingerprint density at radius 1 is 1.47 bits per heavy atom. The summed E-state index contributed by atoms with van der Waals surface area (Å²) in [4.78, 5) is 1.29. The lowest BCUT2D eigenvalue weighted by atomic mass is 10.1. The Kier molecular flexibility index (Phi) is 3.42. The van der Waals surface area contributed by atoms with Crippen LogP contribution < -0.4 is 5.73 Å². The fraction of sp³-hybridized carbons (Fsp3) is 0.333. The molecule has 0 fully saturated rings. The number of nitrogens with two attached hydrogens (primary N) is 1. The third-order valence-electron chi connectivity index (χ3n) is 2.36. The lowest BCUT2D eigenvalue weighted by Gasteiger charge is -2.07. The van der Waals surface area contributed by atoms with Crippen molar-refractivity contribution in [1.82, 2.24) is 0 Å². The number of rotatable bonds is 4. The van der Waals surface area contributed by atoms with E-state index in [2.05, 4.69) is 23.4 Å². The molecular formula is C12H13NS2. The van der Waals surface area contributed by atoms with Crippen LogP contribution in [0.15, 0.2) is 17.5 Å². The topological polar surface area (TPSA) is 26.0 Å². The first-order valence-corrected chi connectivity index (χ1v) is 6.67. The quantitative estimate of drug-likeness (QED) is 0.633. The first-order chi connectivity index (χ1) is 7.31. The molecule has 0 aliphatic rings. The van der Waals surface area contributed by atoms with Gasteiger partial charge in [-0.05, 0) is 30.4 Å². The van der Waals surface area contributed by atoms with E-state index in [1.807, 2.05) is 0 Å². The van der Waals surface area contributed by atoms with Crippen molar-refractivity contribution < 1.29 is 0 Å². The van der Waals surface area contributed by atoms with E-state index >= 15 is 0 Å². The van der Waals surface area contributed by atoms with E-state index in [1.54, 1.807) is 22.7 Å². The van der Waals surface area contributed by atoms with Crippen molar-refractivity contribution in [2.75, 3.05) is 0 Å². The van der Waals surface area contributed by atoms with Crippen LogP contribution in [-0.2, 0) is 0 Å². The lowest BCUT2D eigenvalue weighted by molar-refractivity contribution is 0.630. The standard InChI is InChI=1S/C12H13NS2/c1-2-3-4-5-9(13)11-8-12-10(15-11)6-7-14-12/h1,6-9H,3-5,13H2. The molecule has 0 amide bonds. The average molecular weight is 235 g/mol. The van der Waals surface area contributed by atoms with Crippen molar-refractivity contribution in [2.24, 2.45) is 5.73 Å². The van der Waals surface area contributed by atoms with E-state index < -0.39 is 0 Å². The second kappa shape index (κ2) is 4.80. The summed E-state index contributed by atoms with van der Waals surface area (Å²) < 4.78 is 2.70. The van der Waals surface area contributed by atoms with Gasteiger partial charge in [0, 0.05) is 26.7 Å². The maximum Gasteiger partial charge on any atom is 0.0454 e. The SMILES string of the molecule is C#CCCCC(N)c1cc2sccc2s1. The van der Waals surface area contributed by atoms with Gasteiger partial charge in [-0.1, -0.05) is 0 Å². The van der Waals surface area contributed by atoms with E-state index in [0.29, 0.717) is 0 Å². The molecule has 2 aromatic heterocycles. The van der Waals surface area contributed by atoms with Gasteiger partial charge in [0.1, 0.15) is 0 Å². The van der Waals surface area contributed by atoms with Crippen LogP contribution in [0.3, 0.4) is 0 Å². The molecule has 0 saturated carbocycles. The van der Waals surface area contributed by atoms with Crippen molar-refractivity contribution in [3.8, 4) is 12.3 Å². The number of hydrogen-bond donors (Lipinski definition) is 1. The van der Waals surface area contributed by atoms with Gasteiger partial charge in [0.2, 0.25) is 0 Å². The fourth-order valence-corrected chi connectivity index (χ4v) is 3.69. The highest BCUT2D eigenvalue weighted by atomic mass is 32.1. The minimum atomic E-state index is 0.156. The summed E-state index contributed by atoms with van der Waals surface area (Å²) in [6.07, 6.45) is 8.04. The molecule has 0 bridgehead atoms. The van der Waals surface area contributed by atoms with Gasteiger partial charge in [-0.3, -0.25) is 0 Å². The molecule has 0 aliphatic carbocycles. The van der Waals surface area contributed by atoms with Crippen molar-refractivity contribution in [1.29, 1.82) is 0 Å². The molecule has 0 radical (unpaired) electrons. The number of hydrogen-bond acceptors (Lipinski definition) is 3. The Morgan fingerprint density at radius 2 is 2.33 bits per heavy atom. The van der Waals surface area contributed by atoms with E-state index in [4.69, 9.17) is 12.2 Å².